The molecular formula is BNa5O3+2. The summed E-state index contributed by atoms with van der Waals surface area (Å²) in [6.07, 6.45) is 0. The summed E-state index contributed by atoms with van der Waals surface area (Å²) in [4.78, 5) is 0. The fourth-order valence-electron chi connectivity index (χ4n) is 0. The predicted molar refractivity (Wildman–Crippen MR) is 5.75 cm³/mol. The molecule has 3 nitrogen and oxygen atoms in total. The third kappa shape index (κ3) is 63.4. The maximum atomic E-state index is 8.42. The van der Waals surface area contributed by atoms with Gasteiger partial charge in [0.25, 0.3) is 0 Å². The Morgan fingerprint density at radius 3 is 0.556 bits per heavy atom. The van der Waals surface area contributed by atoms with Crippen LogP contribution in [0.15, 0.2) is 0 Å². The molecule has 0 fully saturated rings. The van der Waals surface area contributed by atoms with E-state index in [1.54, 1.807) is 0 Å². The van der Waals surface area contributed by atoms with Crippen LogP contribution in [0.5, 0.6) is 0 Å². The second-order valence-electron chi connectivity index (χ2n) is 0.289. The Balaban J connectivity index is -0.00000000450. The van der Waals surface area contributed by atoms with Gasteiger partial charge in [-0.15, -0.1) is 0 Å². The Hall–Kier alpha value is 4.94. The third-order valence-electron chi connectivity index (χ3n) is 0. The van der Waals surface area contributed by atoms with E-state index in [4.69, 9.17) is 15.1 Å². The van der Waals surface area contributed by atoms with Gasteiger partial charge in [-0.05, 0) is 0 Å². The van der Waals surface area contributed by atoms with Crippen LogP contribution in [0.2, 0.25) is 0 Å². The van der Waals surface area contributed by atoms with Crippen molar-refractivity contribution in [3.8, 4) is 0 Å². The van der Waals surface area contributed by atoms with E-state index in [-0.39, 0.29) is 148 Å². The van der Waals surface area contributed by atoms with Crippen LogP contribution < -0.4 is 163 Å². The fraction of sp³-hybridized carbons (Fsp3) is 0. The van der Waals surface area contributed by atoms with Crippen molar-refractivity contribution in [3.63, 3.8) is 0 Å². The molecule has 0 unspecified atom stereocenters. The van der Waals surface area contributed by atoms with Gasteiger partial charge in [0.05, 0.1) is 0 Å². The van der Waals surface area contributed by atoms with E-state index in [2.05, 4.69) is 0 Å². The molecular weight excluding hydrogens is 174 g/mol. The van der Waals surface area contributed by atoms with Crippen LogP contribution >= 0.6 is 0 Å². The van der Waals surface area contributed by atoms with Crippen molar-refractivity contribution in [1.29, 1.82) is 0 Å². The van der Waals surface area contributed by atoms with Gasteiger partial charge >= 0.3 is 148 Å². The van der Waals surface area contributed by atoms with Gasteiger partial charge < -0.3 is 15.1 Å². The zero-order valence-corrected chi connectivity index (χ0v) is 16.8. The van der Waals surface area contributed by atoms with E-state index in [0.29, 0.717) is 0 Å². The van der Waals surface area contributed by atoms with Gasteiger partial charge in [-0.1, -0.05) is 0 Å². The molecule has 0 aromatic carbocycles. The SMILES string of the molecule is [Na+].[Na+].[Na+].[Na+].[Na+].[O-]B([O-])[O-]. The van der Waals surface area contributed by atoms with Gasteiger partial charge in [0.1, 0.15) is 0 Å². The molecule has 0 N–H and O–H groups in total. The average Bonchev–Trinajstić information content (AvgIpc) is 0.811. The van der Waals surface area contributed by atoms with E-state index in [0.717, 1.165) is 0 Å². The van der Waals surface area contributed by atoms with E-state index >= 15 is 0 Å². The van der Waals surface area contributed by atoms with Gasteiger partial charge in [-0.2, -0.15) is 0 Å². The molecule has 9 heavy (non-hydrogen) atoms. The van der Waals surface area contributed by atoms with Crippen molar-refractivity contribution in [3.05, 3.63) is 0 Å². The molecule has 0 aromatic rings. The van der Waals surface area contributed by atoms with Crippen molar-refractivity contribution in [2.24, 2.45) is 0 Å². The first kappa shape index (κ1) is 37.0. The van der Waals surface area contributed by atoms with Crippen LogP contribution in [0.4, 0.5) is 0 Å². The van der Waals surface area contributed by atoms with Crippen LogP contribution in [-0.2, 0) is 0 Å². The first-order valence-corrected chi connectivity index (χ1v) is 0.707. The Bertz CT molecular complexity index is 16.9. The van der Waals surface area contributed by atoms with E-state index in [9.17, 15) is 0 Å². The summed E-state index contributed by atoms with van der Waals surface area (Å²) in [5.74, 6) is 0. The topological polar surface area (TPSA) is 69.2 Å². The summed E-state index contributed by atoms with van der Waals surface area (Å²) in [6.45, 7) is 0. The summed E-state index contributed by atoms with van der Waals surface area (Å²) in [5, 5.41) is 25.2. The average molecular weight is 174 g/mol. The summed E-state index contributed by atoms with van der Waals surface area (Å²) >= 11 is 0. The monoisotopic (exact) mass is 174 g/mol. The number of hydrogen-bond acceptors (Lipinski definition) is 3. The molecule has 9 heteroatoms. The van der Waals surface area contributed by atoms with E-state index in [1.807, 2.05) is 0 Å². The van der Waals surface area contributed by atoms with Crippen LogP contribution in [0.1, 0.15) is 0 Å². The Morgan fingerprint density at radius 2 is 0.556 bits per heavy atom. The number of hydrogen-bond donors (Lipinski definition) is 0. The molecule has 0 rings (SSSR count). The van der Waals surface area contributed by atoms with E-state index < -0.39 is 7.32 Å². The molecule has 0 aliphatic carbocycles. The smallest absolute Gasteiger partial charge is 0.907 e. The second-order valence-corrected chi connectivity index (χ2v) is 0.289. The Morgan fingerprint density at radius 1 is 0.556 bits per heavy atom. The van der Waals surface area contributed by atoms with Gasteiger partial charge in [-0.3, -0.25) is 7.32 Å². The van der Waals surface area contributed by atoms with Gasteiger partial charge in [0.15, 0.2) is 0 Å². The summed E-state index contributed by atoms with van der Waals surface area (Å²) < 4.78 is 0. The van der Waals surface area contributed by atoms with E-state index in [1.165, 1.54) is 0 Å². The minimum Gasteiger partial charge on any atom is -0.907 e. The first-order chi connectivity index (χ1) is 1.73. The summed E-state index contributed by atoms with van der Waals surface area (Å²) in [5.41, 5.74) is 0. The van der Waals surface area contributed by atoms with Crippen LogP contribution in [0.25, 0.3) is 0 Å². The van der Waals surface area contributed by atoms with Crippen molar-refractivity contribution in [2.45, 2.75) is 0 Å². The molecule has 0 spiro atoms. The maximum absolute atomic E-state index is 8.42. The fourth-order valence-corrected chi connectivity index (χ4v) is 0. The molecule has 0 saturated heterocycles. The van der Waals surface area contributed by atoms with Crippen molar-refractivity contribution >= 4 is 7.32 Å². The zero-order valence-electron chi connectivity index (χ0n) is 6.80. The van der Waals surface area contributed by atoms with Crippen molar-refractivity contribution < 1.29 is 163 Å². The van der Waals surface area contributed by atoms with Gasteiger partial charge in [-0.25, -0.2) is 0 Å². The minimum absolute atomic E-state index is 0. The molecule has 0 bridgehead atoms. The molecule has 0 aromatic heterocycles. The Labute approximate surface area is 166 Å². The predicted octanol–water partition coefficient (Wildman–Crippen LogP) is -18.9. The molecule has 24 valence electrons. The minimum atomic E-state index is -2.92. The molecule has 0 aliphatic heterocycles. The molecule has 0 atom stereocenters. The largest absolute Gasteiger partial charge is 1.00 e. The quantitative estimate of drug-likeness (QED) is 0.342. The standard InChI is InChI=1S/BO3.5Na/c2-1(3)4;;;;;/q-3;5*+1. The summed E-state index contributed by atoms with van der Waals surface area (Å²) in [7, 11) is -2.92. The van der Waals surface area contributed by atoms with Crippen LogP contribution in [-0.4, -0.2) is 7.32 Å². The molecule has 0 saturated carbocycles. The van der Waals surface area contributed by atoms with Gasteiger partial charge in [0, 0.05) is 0 Å². The van der Waals surface area contributed by atoms with Crippen LogP contribution in [0, 0.1) is 0 Å². The summed E-state index contributed by atoms with van der Waals surface area (Å²) in [6, 6.07) is 0. The third-order valence-corrected chi connectivity index (χ3v) is 0. The maximum Gasteiger partial charge on any atom is 1.00 e. The van der Waals surface area contributed by atoms with Crippen molar-refractivity contribution in [1.82, 2.24) is 0 Å². The second kappa shape index (κ2) is 29.3. The number of rotatable bonds is 0. The molecule has 0 heterocycles. The molecule has 0 radical (unpaired) electrons. The zero-order chi connectivity index (χ0) is 3.58. The first-order valence-electron chi connectivity index (χ1n) is 0.707. The Kier molecular flexibility index (Phi) is 120. The normalized spacial score (nSPS) is 3.00. The molecule has 0 amide bonds. The van der Waals surface area contributed by atoms with Crippen LogP contribution in [0.3, 0.4) is 0 Å². The van der Waals surface area contributed by atoms with Gasteiger partial charge in [0.2, 0.25) is 0 Å². The van der Waals surface area contributed by atoms with Crippen molar-refractivity contribution in [2.75, 3.05) is 0 Å². The molecule has 0 aliphatic rings.